The van der Waals surface area contributed by atoms with Crippen LogP contribution < -0.4 is 26.9 Å². The van der Waals surface area contributed by atoms with Crippen LogP contribution in [0.4, 0.5) is 23.7 Å². The van der Waals surface area contributed by atoms with Crippen LogP contribution in [0.1, 0.15) is 16.7 Å². The summed E-state index contributed by atoms with van der Waals surface area (Å²) in [7, 11) is 0. The van der Waals surface area contributed by atoms with Gasteiger partial charge in [0.25, 0.3) is 0 Å². The lowest BCUT2D eigenvalue weighted by Crippen LogP contribution is -2.48. The van der Waals surface area contributed by atoms with Gasteiger partial charge >= 0.3 is 12.2 Å². The minimum absolute atomic E-state index is 0.243. The van der Waals surface area contributed by atoms with E-state index in [2.05, 4.69) is 4.98 Å². The van der Waals surface area contributed by atoms with E-state index in [1.807, 2.05) is 5.43 Å². The summed E-state index contributed by atoms with van der Waals surface area (Å²) in [5.74, 6) is 10.2. The Morgan fingerprint density at radius 1 is 1.32 bits per heavy atom. The van der Waals surface area contributed by atoms with Crippen molar-refractivity contribution in [1.82, 2.24) is 10.4 Å². The number of benzene rings is 1. The number of hydrogen-bond donors (Lipinski definition) is 3. The summed E-state index contributed by atoms with van der Waals surface area (Å²) in [5.41, 5.74) is 2.22. The third-order valence-corrected chi connectivity index (χ3v) is 3.42. The number of anilines is 1. The fourth-order valence-electron chi connectivity index (χ4n) is 2.14. The summed E-state index contributed by atoms with van der Waals surface area (Å²) in [4.78, 5) is 15.2. The first-order valence-corrected chi connectivity index (χ1v) is 7.04. The molecule has 0 unspecified atom stereocenters. The Labute approximate surface area is 141 Å². The van der Waals surface area contributed by atoms with Crippen LogP contribution in [0.25, 0.3) is 0 Å². The van der Waals surface area contributed by atoms with Gasteiger partial charge in [-0.25, -0.2) is 26.5 Å². The van der Waals surface area contributed by atoms with Crippen LogP contribution >= 0.6 is 0 Å². The van der Waals surface area contributed by atoms with Crippen LogP contribution in [-0.4, -0.2) is 11.0 Å². The van der Waals surface area contributed by atoms with Crippen molar-refractivity contribution in [2.24, 2.45) is 11.7 Å². The highest BCUT2D eigenvalue weighted by Gasteiger charge is 2.35. The molecule has 25 heavy (non-hydrogen) atoms. The van der Waals surface area contributed by atoms with Crippen molar-refractivity contribution in [3.8, 4) is 5.88 Å². The van der Waals surface area contributed by atoms with Gasteiger partial charge in [0.05, 0.1) is 5.69 Å². The molecule has 5 N–H and O–H groups in total. The molecule has 0 aliphatic carbocycles. The Bertz CT molecular complexity index is 767. The lowest BCUT2D eigenvalue weighted by Gasteiger charge is -2.21. The average molecular weight is 355 g/mol. The fourth-order valence-corrected chi connectivity index (χ4v) is 2.14. The van der Waals surface area contributed by atoms with Crippen molar-refractivity contribution in [3.63, 3.8) is 0 Å². The van der Waals surface area contributed by atoms with Gasteiger partial charge in [-0.2, -0.15) is 13.2 Å². The molecule has 2 rings (SSSR count). The van der Waals surface area contributed by atoms with Crippen LogP contribution in [0.5, 0.6) is 5.88 Å². The summed E-state index contributed by atoms with van der Waals surface area (Å²) in [6.45, 7) is 1.44. The highest BCUT2D eigenvalue weighted by molar-refractivity contribution is 5.91. The summed E-state index contributed by atoms with van der Waals surface area (Å²) in [5, 5.41) is 0.745. The Morgan fingerprint density at radius 3 is 2.68 bits per heavy atom. The molecule has 1 aromatic carbocycles. The number of urea groups is 1. The summed E-state index contributed by atoms with van der Waals surface area (Å²) >= 11 is 0. The first-order valence-electron chi connectivity index (χ1n) is 7.04. The molecular formula is C15H16F3N5O2. The van der Waals surface area contributed by atoms with E-state index >= 15 is 0 Å². The number of aryl methyl sites for hydroxylation is 1. The molecule has 1 aromatic heterocycles. The summed E-state index contributed by atoms with van der Waals surface area (Å²) in [6, 6.07) is 6.12. The number of hydrazine groups is 2. The van der Waals surface area contributed by atoms with Crippen LogP contribution in [0.3, 0.4) is 0 Å². The zero-order valence-electron chi connectivity index (χ0n) is 13.2. The Balaban J connectivity index is 2.32. The minimum Gasteiger partial charge on any atom is -0.472 e. The zero-order valence-corrected chi connectivity index (χ0v) is 13.2. The smallest absolute Gasteiger partial charge is 0.421 e. The standard InChI is InChI=1S/C15H16F3N5O2/c1-9-4-2-6-12(23(20)14(24)22-19)10(9)8-25-13-11(15(16,17)18)5-3-7-21-13/h2-7H,8,19-20H2,1H3,(H,22,24). The molecular weight excluding hydrogens is 339 g/mol. The number of rotatable bonds is 4. The van der Waals surface area contributed by atoms with E-state index in [0.29, 0.717) is 11.1 Å². The maximum atomic E-state index is 13.0. The van der Waals surface area contributed by atoms with Crippen molar-refractivity contribution in [3.05, 3.63) is 53.2 Å². The van der Waals surface area contributed by atoms with Gasteiger partial charge in [0, 0.05) is 11.8 Å². The van der Waals surface area contributed by atoms with Crippen molar-refractivity contribution >= 4 is 11.7 Å². The molecule has 0 atom stereocenters. The molecule has 0 aliphatic rings. The second kappa shape index (κ2) is 7.36. The molecule has 0 radical (unpaired) electrons. The second-order valence-corrected chi connectivity index (χ2v) is 5.03. The first kappa shape index (κ1) is 18.5. The first-order chi connectivity index (χ1) is 11.8. The number of pyridine rings is 1. The topological polar surface area (TPSA) is 106 Å². The van der Waals surface area contributed by atoms with Crippen LogP contribution in [0.2, 0.25) is 0 Å². The van der Waals surface area contributed by atoms with Gasteiger partial charge in [-0.15, -0.1) is 0 Å². The number of ether oxygens (including phenoxy) is 1. The maximum Gasteiger partial charge on any atom is 0.421 e. The quantitative estimate of drug-likeness (QED) is 0.443. The number of hydrogen-bond acceptors (Lipinski definition) is 5. The van der Waals surface area contributed by atoms with Gasteiger partial charge in [0.15, 0.2) is 0 Å². The van der Waals surface area contributed by atoms with Gasteiger partial charge in [-0.1, -0.05) is 12.1 Å². The van der Waals surface area contributed by atoms with E-state index in [9.17, 15) is 18.0 Å². The van der Waals surface area contributed by atoms with Crippen molar-refractivity contribution in [2.75, 3.05) is 5.01 Å². The van der Waals surface area contributed by atoms with Gasteiger partial charge in [-0.05, 0) is 30.7 Å². The minimum atomic E-state index is -4.60. The highest BCUT2D eigenvalue weighted by atomic mass is 19.4. The maximum absolute atomic E-state index is 13.0. The van der Waals surface area contributed by atoms with E-state index in [1.165, 1.54) is 18.3 Å². The number of carbonyl (C=O) groups is 1. The Kier molecular flexibility index (Phi) is 5.45. The van der Waals surface area contributed by atoms with E-state index in [-0.39, 0.29) is 12.3 Å². The lowest BCUT2D eigenvalue weighted by atomic mass is 10.1. The number of alkyl halides is 3. The largest absolute Gasteiger partial charge is 0.472 e. The number of nitrogens with two attached hydrogens (primary N) is 2. The normalized spacial score (nSPS) is 11.1. The molecule has 0 bridgehead atoms. The molecule has 0 saturated carbocycles. The number of aromatic nitrogens is 1. The van der Waals surface area contributed by atoms with E-state index in [4.69, 9.17) is 16.4 Å². The van der Waals surface area contributed by atoms with Crippen LogP contribution in [0.15, 0.2) is 36.5 Å². The molecule has 0 fully saturated rings. The third kappa shape index (κ3) is 4.17. The van der Waals surface area contributed by atoms with Crippen LogP contribution in [-0.2, 0) is 12.8 Å². The number of nitrogens with one attached hydrogen (secondary N) is 1. The number of nitrogens with zero attached hydrogens (tertiary/aromatic N) is 2. The molecule has 2 aromatic rings. The number of halogens is 3. The van der Waals surface area contributed by atoms with Gasteiger partial charge in [0.1, 0.15) is 12.2 Å². The zero-order chi connectivity index (χ0) is 18.6. The monoisotopic (exact) mass is 355 g/mol. The van der Waals surface area contributed by atoms with E-state index in [0.717, 1.165) is 11.1 Å². The number of amides is 2. The average Bonchev–Trinajstić information content (AvgIpc) is 2.58. The van der Waals surface area contributed by atoms with E-state index < -0.39 is 23.7 Å². The number of carbonyl (C=O) groups excluding carboxylic acids is 1. The summed E-state index contributed by atoms with van der Waals surface area (Å²) in [6.07, 6.45) is -3.40. The predicted octanol–water partition coefficient (Wildman–Crippen LogP) is 2.25. The third-order valence-electron chi connectivity index (χ3n) is 3.42. The molecule has 0 aliphatic heterocycles. The summed E-state index contributed by atoms with van der Waals surface area (Å²) < 4.78 is 44.3. The molecule has 0 spiro atoms. The van der Waals surface area contributed by atoms with Crippen molar-refractivity contribution in [1.29, 1.82) is 0 Å². The van der Waals surface area contributed by atoms with Gasteiger partial charge in [0.2, 0.25) is 5.88 Å². The fraction of sp³-hybridized carbons (Fsp3) is 0.200. The Morgan fingerprint density at radius 2 is 2.04 bits per heavy atom. The second-order valence-electron chi connectivity index (χ2n) is 5.03. The molecule has 7 nitrogen and oxygen atoms in total. The van der Waals surface area contributed by atoms with Crippen molar-refractivity contribution in [2.45, 2.75) is 19.7 Å². The van der Waals surface area contributed by atoms with Crippen LogP contribution in [0, 0.1) is 6.92 Å². The molecule has 1 heterocycles. The molecule has 2 amide bonds. The molecule has 0 saturated heterocycles. The predicted molar refractivity (Wildman–Crippen MR) is 84.1 cm³/mol. The Hall–Kier alpha value is -2.85. The van der Waals surface area contributed by atoms with Crippen molar-refractivity contribution < 1.29 is 22.7 Å². The van der Waals surface area contributed by atoms with Gasteiger partial charge < -0.3 is 4.74 Å². The lowest BCUT2D eigenvalue weighted by molar-refractivity contribution is -0.139. The van der Waals surface area contributed by atoms with E-state index in [1.54, 1.807) is 19.1 Å². The highest BCUT2D eigenvalue weighted by Crippen LogP contribution is 2.35. The SMILES string of the molecule is Cc1cccc(N(N)C(=O)NN)c1COc1ncccc1C(F)(F)F. The molecule has 10 heteroatoms. The molecule has 134 valence electrons. The van der Waals surface area contributed by atoms with Gasteiger partial charge in [-0.3, -0.25) is 5.43 Å².